The molecule has 19 heavy (non-hydrogen) atoms. The number of amides is 2. The zero-order chi connectivity index (χ0) is 13.7. The molecule has 102 valence electrons. The van der Waals surface area contributed by atoms with Crippen LogP contribution in [0.1, 0.15) is 5.56 Å². The fourth-order valence-electron chi connectivity index (χ4n) is 1.70. The van der Waals surface area contributed by atoms with E-state index in [0.29, 0.717) is 13.0 Å². The molecule has 1 fully saturated rings. The molecule has 6 heteroatoms. The number of carbonyl (C=O) groups is 2. The average molecular weight is 267 g/mol. The number of ether oxygens (including phenoxy) is 2. The highest BCUT2D eigenvalue weighted by Gasteiger charge is 2.27. The van der Waals surface area contributed by atoms with Crippen molar-refractivity contribution in [2.75, 3.05) is 26.4 Å². The highest BCUT2D eigenvalue weighted by molar-refractivity contribution is 5.93. The molecule has 1 aliphatic rings. The lowest BCUT2D eigenvalue weighted by atomic mass is 10.2. The van der Waals surface area contributed by atoms with E-state index in [1.807, 2.05) is 0 Å². The Labute approximate surface area is 109 Å². The average Bonchev–Trinajstić information content (AvgIpc) is 2.83. The van der Waals surface area contributed by atoms with E-state index in [0.717, 1.165) is 10.5 Å². The van der Waals surface area contributed by atoms with Crippen molar-refractivity contribution in [2.45, 2.75) is 6.42 Å². The summed E-state index contributed by atoms with van der Waals surface area (Å²) in [7, 11) is 0. The third kappa shape index (κ3) is 3.75. The van der Waals surface area contributed by atoms with Crippen molar-refractivity contribution in [2.24, 2.45) is 0 Å². The zero-order valence-corrected chi connectivity index (χ0v) is 10.3. The second-order valence-corrected chi connectivity index (χ2v) is 4.09. The Morgan fingerprint density at radius 3 is 2.74 bits per heavy atom. The molecule has 0 N–H and O–H groups in total. The first kappa shape index (κ1) is 13.5. The summed E-state index contributed by atoms with van der Waals surface area (Å²) in [5, 5.41) is 0. The van der Waals surface area contributed by atoms with Gasteiger partial charge >= 0.3 is 6.09 Å². The molecule has 0 spiro atoms. The predicted molar refractivity (Wildman–Crippen MR) is 64.0 cm³/mol. The molecule has 0 saturated carbocycles. The van der Waals surface area contributed by atoms with Crippen molar-refractivity contribution in [1.82, 2.24) is 4.90 Å². The highest BCUT2D eigenvalue weighted by Crippen LogP contribution is 2.05. The van der Waals surface area contributed by atoms with Crippen molar-refractivity contribution in [3.8, 4) is 0 Å². The Morgan fingerprint density at radius 1 is 1.37 bits per heavy atom. The van der Waals surface area contributed by atoms with Crippen LogP contribution >= 0.6 is 0 Å². The molecule has 2 amide bonds. The molecule has 5 nitrogen and oxygen atoms in total. The number of rotatable bonds is 5. The summed E-state index contributed by atoms with van der Waals surface area (Å²) in [4.78, 5) is 23.7. The Kier molecular flexibility index (Phi) is 4.46. The number of imide groups is 1. The van der Waals surface area contributed by atoms with Gasteiger partial charge in [-0.1, -0.05) is 12.1 Å². The van der Waals surface area contributed by atoms with Gasteiger partial charge < -0.3 is 9.47 Å². The molecular formula is C13H14FNO4. The smallest absolute Gasteiger partial charge is 0.416 e. The second kappa shape index (κ2) is 6.29. The lowest BCUT2D eigenvalue weighted by Crippen LogP contribution is -2.34. The summed E-state index contributed by atoms with van der Waals surface area (Å²) in [6.45, 7) is 0.690. The maximum atomic E-state index is 12.7. The molecule has 0 aliphatic carbocycles. The van der Waals surface area contributed by atoms with Crippen molar-refractivity contribution in [1.29, 1.82) is 0 Å². The lowest BCUT2D eigenvalue weighted by Gasteiger charge is -2.10. The number of halogens is 1. The first-order valence-electron chi connectivity index (χ1n) is 5.96. The van der Waals surface area contributed by atoms with Gasteiger partial charge in [0.05, 0.1) is 13.2 Å². The molecule has 1 aliphatic heterocycles. The van der Waals surface area contributed by atoms with Crippen molar-refractivity contribution in [3.05, 3.63) is 35.6 Å². The molecule has 1 saturated heterocycles. The van der Waals surface area contributed by atoms with Gasteiger partial charge in [0.25, 0.3) is 5.91 Å². The monoisotopic (exact) mass is 267 g/mol. The summed E-state index contributed by atoms with van der Waals surface area (Å²) in [5.74, 6) is -0.686. The van der Waals surface area contributed by atoms with Crippen LogP contribution in [0, 0.1) is 5.82 Å². The Balaban J connectivity index is 1.68. The van der Waals surface area contributed by atoms with Gasteiger partial charge in [0.15, 0.2) is 0 Å². The number of hydrogen-bond donors (Lipinski definition) is 0. The third-order valence-corrected chi connectivity index (χ3v) is 2.74. The molecule has 0 atom stereocenters. The van der Waals surface area contributed by atoms with Crippen LogP contribution < -0.4 is 0 Å². The number of hydrogen-bond acceptors (Lipinski definition) is 4. The van der Waals surface area contributed by atoms with Crippen LogP contribution in [0.2, 0.25) is 0 Å². The molecule has 0 radical (unpaired) electrons. The van der Waals surface area contributed by atoms with Crippen LogP contribution in [0.3, 0.4) is 0 Å². The SMILES string of the molecule is O=C(COCCc1ccc(F)cc1)N1CCOC1=O. The molecule has 0 aromatic heterocycles. The van der Waals surface area contributed by atoms with Gasteiger partial charge in [-0.2, -0.15) is 0 Å². The van der Waals surface area contributed by atoms with E-state index in [9.17, 15) is 14.0 Å². The summed E-state index contributed by atoms with van der Waals surface area (Å²) in [6.07, 6.45) is -0.0370. The summed E-state index contributed by atoms with van der Waals surface area (Å²) >= 11 is 0. The third-order valence-electron chi connectivity index (χ3n) is 2.74. The van der Waals surface area contributed by atoms with Crippen LogP contribution in [0.4, 0.5) is 9.18 Å². The minimum Gasteiger partial charge on any atom is -0.447 e. The molecular weight excluding hydrogens is 253 g/mol. The fourth-order valence-corrected chi connectivity index (χ4v) is 1.70. The van der Waals surface area contributed by atoms with Gasteiger partial charge in [0.1, 0.15) is 19.0 Å². The topological polar surface area (TPSA) is 55.8 Å². The van der Waals surface area contributed by atoms with Gasteiger partial charge in [-0.25, -0.2) is 14.1 Å². The first-order chi connectivity index (χ1) is 9.16. The van der Waals surface area contributed by atoms with Gasteiger partial charge in [-0.3, -0.25) is 4.79 Å². The molecule has 1 aromatic rings. The van der Waals surface area contributed by atoms with Crippen molar-refractivity contribution in [3.63, 3.8) is 0 Å². The van der Waals surface area contributed by atoms with E-state index in [2.05, 4.69) is 4.74 Å². The second-order valence-electron chi connectivity index (χ2n) is 4.09. The largest absolute Gasteiger partial charge is 0.447 e. The summed E-state index contributed by atoms with van der Waals surface area (Å²) in [5.41, 5.74) is 0.925. The van der Waals surface area contributed by atoms with Gasteiger partial charge in [-0.15, -0.1) is 0 Å². The fraction of sp³-hybridized carbons (Fsp3) is 0.385. The van der Waals surface area contributed by atoms with Gasteiger partial charge in [-0.05, 0) is 24.1 Å². The Bertz CT molecular complexity index is 460. The molecule has 2 rings (SSSR count). The van der Waals surface area contributed by atoms with E-state index >= 15 is 0 Å². The summed E-state index contributed by atoms with van der Waals surface area (Å²) < 4.78 is 22.5. The maximum absolute atomic E-state index is 12.7. The number of cyclic esters (lactones) is 1. The standard InChI is InChI=1S/C13H14FNO4/c14-11-3-1-10(2-4-11)5-7-18-9-12(16)15-6-8-19-13(15)17/h1-4H,5-9H2. The van der Waals surface area contributed by atoms with Crippen molar-refractivity contribution < 1.29 is 23.5 Å². The van der Waals surface area contributed by atoms with Crippen molar-refractivity contribution >= 4 is 12.0 Å². The number of carbonyl (C=O) groups excluding carboxylic acids is 2. The quantitative estimate of drug-likeness (QED) is 0.756. The van der Waals surface area contributed by atoms with Crippen LogP contribution in [0.25, 0.3) is 0 Å². The van der Waals surface area contributed by atoms with E-state index in [1.54, 1.807) is 12.1 Å². The summed E-state index contributed by atoms with van der Waals surface area (Å²) in [6, 6.07) is 6.08. The first-order valence-corrected chi connectivity index (χ1v) is 5.96. The van der Waals surface area contributed by atoms with Gasteiger partial charge in [0, 0.05) is 0 Å². The van der Waals surface area contributed by atoms with E-state index in [-0.39, 0.29) is 25.6 Å². The van der Waals surface area contributed by atoms with E-state index in [4.69, 9.17) is 4.74 Å². The molecule has 0 bridgehead atoms. The molecule has 0 unspecified atom stereocenters. The Morgan fingerprint density at radius 2 is 2.11 bits per heavy atom. The van der Waals surface area contributed by atoms with Crippen LogP contribution in [-0.2, 0) is 20.7 Å². The normalized spacial score (nSPS) is 14.6. The lowest BCUT2D eigenvalue weighted by molar-refractivity contribution is -0.132. The van der Waals surface area contributed by atoms with Crippen LogP contribution in [-0.4, -0.2) is 43.3 Å². The van der Waals surface area contributed by atoms with Crippen LogP contribution in [0.5, 0.6) is 0 Å². The maximum Gasteiger partial charge on any atom is 0.416 e. The van der Waals surface area contributed by atoms with E-state index in [1.165, 1.54) is 12.1 Å². The Hall–Kier alpha value is -1.95. The van der Waals surface area contributed by atoms with Gasteiger partial charge in [0.2, 0.25) is 0 Å². The van der Waals surface area contributed by atoms with E-state index < -0.39 is 12.0 Å². The number of nitrogens with zero attached hydrogens (tertiary/aromatic N) is 1. The molecule has 1 heterocycles. The molecule has 1 aromatic carbocycles. The minimum atomic E-state index is -0.618. The number of benzene rings is 1. The zero-order valence-electron chi connectivity index (χ0n) is 10.3. The highest BCUT2D eigenvalue weighted by atomic mass is 19.1. The predicted octanol–water partition coefficient (Wildman–Crippen LogP) is 1.36. The minimum absolute atomic E-state index is 0.156. The van der Waals surface area contributed by atoms with Crippen LogP contribution in [0.15, 0.2) is 24.3 Å².